The van der Waals surface area contributed by atoms with Crippen molar-refractivity contribution < 1.29 is 9.90 Å². The number of nitrogens with zero attached hydrogens (tertiary/aromatic N) is 1. The summed E-state index contributed by atoms with van der Waals surface area (Å²) in [6, 6.07) is 6.66. The van der Waals surface area contributed by atoms with E-state index in [2.05, 4.69) is 0 Å². The molecule has 1 aromatic carbocycles. The molecule has 94 valence electrons. The van der Waals surface area contributed by atoms with Crippen LogP contribution in [0.4, 0.5) is 0 Å². The SMILES string of the molecule is CCN(CCO)C(C)C(=O)c1ccc(Cl)cc1. The summed E-state index contributed by atoms with van der Waals surface area (Å²) in [7, 11) is 0. The molecule has 0 aromatic heterocycles. The van der Waals surface area contributed by atoms with E-state index in [-0.39, 0.29) is 18.4 Å². The number of hydrogen-bond acceptors (Lipinski definition) is 3. The molecule has 0 saturated heterocycles. The van der Waals surface area contributed by atoms with E-state index in [0.29, 0.717) is 17.1 Å². The number of likely N-dealkylation sites (N-methyl/N-ethyl adjacent to an activating group) is 1. The molecule has 1 unspecified atom stereocenters. The van der Waals surface area contributed by atoms with Gasteiger partial charge in [0, 0.05) is 17.1 Å². The minimum Gasteiger partial charge on any atom is -0.395 e. The van der Waals surface area contributed by atoms with E-state index in [1.54, 1.807) is 24.3 Å². The van der Waals surface area contributed by atoms with Crippen LogP contribution in [0.5, 0.6) is 0 Å². The summed E-state index contributed by atoms with van der Waals surface area (Å²) < 4.78 is 0. The van der Waals surface area contributed by atoms with E-state index in [9.17, 15) is 4.79 Å². The van der Waals surface area contributed by atoms with E-state index in [1.165, 1.54) is 0 Å². The van der Waals surface area contributed by atoms with Gasteiger partial charge in [0.1, 0.15) is 0 Å². The van der Waals surface area contributed by atoms with Crippen LogP contribution in [0.25, 0.3) is 0 Å². The molecule has 17 heavy (non-hydrogen) atoms. The van der Waals surface area contributed by atoms with Crippen LogP contribution in [0.1, 0.15) is 24.2 Å². The van der Waals surface area contributed by atoms with Crippen molar-refractivity contribution in [3.05, 3.63) is 34.9 Å². The number of halogens is 1. The van der Waals surface area contributed by atoms with Gasteiger partial charge in [0.05, 0.1) is 12.6 Å². The van der Waals surface area contributed by atoms with Crippen LogP contribution in [0, 0.1) is 0 Å². The van der Waals surface area contributed by atoms with Crippen molar-refractivity contribution in [1.29, 1.82) is 0 Å². The lowest BCUT2D eigenvalue weighted by atomic mass is 10.0. The van der Waals surface area contributed by atoms with Gasteiger partial charge >= 0.3 is 0 Å². The summed E-state index contributed by atoms with van der Waals surface area (Å²) in [5.74, 6) is 0.0527. The third-order valence-corrected chi connectivity index (χ3v) is 3.10. The normalized spacial score (nSPS) is 12.8. The zero-order valence-electron chi connectivity index (χ0n) is 10.2. The molecule has 0 saturated carbocycles. The van der Waals surface area contributed by atoms with Crippen molar-refractivity contribution in [2.75, 3.05) is 19.7 Å². The quantitative estimate of drug-likeness (QED) is 0.793. The fraction of sp³-hybridized carbons (Fsp3) is 0.462. The second-order valence-electron chi connectivity index (χ2n) is 3.90. The third-order valence-electron chi connectivity index (χ3n) is 2.85. The summed E-state index contributed by atoms with van der Waals surface area (Å²) in [4.78, 5) is 14.1. The predicted molar refractivity (Wildman–Crippen MR) is 69.6 cm³/mol. The second-order valence-corrected chi connectivity index (χ2v) is 4.34. The lowest BCUT2D eigenvalue weighted by molar-refractivity contribution is 0.0817. The van der Waals surface area contributed by atoms with E-state index in [0.717, 1.165) is 6.54 Å². The smallest absolute Gasteiger partial charge is 0.179 e. The van der Waals surface area contributed by atoms with Crippen molar-refractivity contribution >= 4 is 17.4 Å². The first-order valence-corrected chi connectivity index (χ1v) is 6.12. The lowest BCUT2D eigenvalue weighted by Crippen LogP contribution is -2.40. The summed E-state index contributed by atoms with van der Waals surface area (Å²) in [5, 5.41) is 9.56. The molecule has 0 aliphatic heterocycles. The molecule has 0 heterocycles. The Hall–Kier alpha value is -0.900. The first-order chi connectivity index (χ1) is 8.10. The molecule has 1 N–H and O–H groups in total. The van der Waals surface area contributed by atoms with Gasteiger partial charge in [-0.2, -0.15) is 0 Å². The van der Waals surface area contributed by atoms with Crippen molar-refractivity contribution in [1.82, 2.24) is 4.90 Å². The number of aliphatic hydroxyl groups excluding tert-OH is 1. The molecular weight excluding hydrogens is 238 g/mol. The summed E-state index contributed by atoms with van der Waals surface area (Å²) in [6.45, 7) is 5.14. The zero-order valence-corrected chi connectivity index (χ0v) is 10.9. The number of carbonyl (C=O) groups excluding carboxylic acids is 1. The van der Waals surface area contributed by atoms with Crippen LogP contribution < -0.4 is 0 Å². The van der Waals surface area contributed by atoms with Gasteiger partial charge in [-0.05, 0) is 37.7 Å². The second kappa shape index (κ2) is 6.74. The first-order valence-electron chi connectivity index (χ1n) is 5.74. The number of hydrogen-bond donors (Lipinski definition) is 1. The highest BCUT2D eigenvalue weighted by molar-refractivity contribution is 6.30. The minimum absolute atomic E-state index is 0.0527. The first kappa shape index (κ1) is 14.2. The third kappa shape index (κ3) is 3.80. The Morgan fingerprint density at radius 1 is 1.41 bits per heavy atom. The molecule has 1 aromatic rings. The molecule has 0 radical (unpaired) electrons. The van der Waals surface area contributed by atoms with Crippen molar-refractivity contribution in [2.24, 2.45) is 0 Å². The van der Waals surface area contributed by atoms with Gasteiger partial charge in [-0.1, -0.05) is 18.5 Å². The van der Waals surface area contributed by atoms with Crippen molar-refractivity contribution in [3.63, 3.8) is 0 Å². The highest BCUT2D eigenvalue weighted by Gasteiger charge is 2.20. The average molecular weight is 256 g/mol. The standard InChI is InChI=1S/C13H18ClNO2/c1-3-15(8-9-16)10(2)13(17)11-4-6-12(14)7-5-11/h4-7,10,16H,3,8-9H2,1-2H3. The highest BCUT2D eigenvalue weighted by Crippen LogP contribution is 2.13. The van der Waals surface area contributed by atoms with Crippen molar-refractivity contribution in [2.45, 2.75) is 19.9 Å². The number of ketones is 1. The summed E-state index contributed by atoms with van der Waals surface area (Å²) in [6.07, 6.45) is 0. The summed E-state index contributed by atoms with van der Waals surface area (Å²) >= 11 is 5.78. The number of rotatable bonds is 6. The molecule has 3 nitrogen and oxygen atoms in total. The molecular formula is C13H18ClNO2. The predicted octanol–water partition coefficient (Wildman–Crippen LogP) is 2.23. The zero-order chi connectivity index (χ0) is 12.8. The monoisotopic (exact) mass is 255 g/mol. The molecule has 0 fully saturated rings. The molecule has 0 aliphatic rings. The summed E-state index contributed by atoms with van der Waals surface area (Å²) in [5.41, 5.74) is 0.651. The maximum atomic E-state index is 12.2. The van der Waals surface area contributed by atoms with E-state index >= 15 is 0 Å². The Bertz CT molecular complexity index is 364. The van der Waals surface area contributed by atoms with Crippen molar-refractivity contribution in [3.8, 4) is 0 Å². The Balaban J connectivity index is 2.77. The van der Waals surface area contributed by atoms with Crippen LogP contribution in [-0.2, 0) is 0 Å². The van der Waals surface area contributed by atoms with E-state index in [4.69, 9.17) is 16.7 Å². The van der Waals surface area contributed by atoms with E-state index in [1.807, 2.05) is 18.7 Å². The molecule has 1 atom stereocenters. The molecule has 0 aliphatic carbocycles. The topological polar surface area (TPSA) is 40.5 Å². The maximum Gasteiger partial charge on any atom is 0.179 e. The van der Waals surface area contributed by atoms with Gasteiger partial charge in [0.15, 0.2) is 5.78 Å². The Morgan fingerprint density at radius 2 is 2.00 bits per heavy atom. The number of aliphatic hydroxyl groups is 1. The molecule has 0 bridgehead atoms. The number of Topliss-reactive ketones (excluding diaryl/α,β-unsaturated/α-hetero) is 1. The fourth-order valence-electron chi connectivity index (χ4n) is 1.78. The van der Waals surface area contributed by atoms with Crippen LogP contribution in [-0.4, -0.2) is 41.5 Å². The van der Waals surface area contributed by atoms with Crippen LogP contribution in [0.2, 0.25) is 5.02 Å². The van der Waals surface area contributed by atoms with Crippen LogP contribution in [0.3, 0.4) is 0 Å². The Labute approximate surface area is 107 Å². The largest absolute Gasteiger partial charge is 0.395 e. The minimum atomic E-state index is -0.228. The highest BCUT2D eigenvalue weighted by atomic mass is 35.5. The van der Waals surface area contributed by atoms with E-state index < -0.39 is 0 Å². The Kier molecular flexibility index (Phi) is 5.62. The van der Waals surface area contributed by atoms with Gasteiger partial charge in [-0.25, -0.2) is 0 Å². The molecule has 1 rings (SSSR count). The van der Waals surface area contributed by atoms with Gasteiger partial charge in [-0.15, -0.1) is 0 Å². The van der Waals surface area contributed by atoms with Crippen LogP contribution >= 0.6 is 11.6 Å². The molecule has 0 spiro atoms. The van der Waals surface area contributed by atoms with Gasteiger partial charge in [-0.3, -0.25) is 9.69 Å². The van der Waals surface area contributed by atoms with Crippen LogP contribution in [0.15, 0.2) is 24.3 Å². The Morgan fingerprint density at radius 3 is 2.47 bits per heavy atom. The van der Waals surface area contributed by atoms with Gasteiger partial charge in [0.25, 0.3) is 0 Å². The maximum absolute atomic E-state index is 12.2. The van der Waals surface area contributed by atoms with Gasteiger partial charge < -0.3 is 5.11 Å². The average Bonchev–Trinajstić information content (AvgIpc) is 2.35. The fourth-order valence-corrected chi connectivity index (χ4v) is 1.90. The number of benzene rings is 1. The number of carbonyl (C=O) groups is 1. The molecule has 4 heteroatoms. The lowest BCUT2D eigenvalue weighted by Gasteiger charge is -2.25. The van der Waals surface area contributed by atoms with Gasteiger partial charge in [0.2, 0.25) is 0 Å². The molecule has 0 amide bonds.